The average molecular weight is 393 g/mol. The Balaban J connectivity index is 1.67. The molecule has 0 saturated heterocycles. The van der Waals surface area contributed by atoms with E-state index in [9.17, 15) is 9.59 Å². The maximum absolute atomic E-state index is 12.8. The first kappa shape index (κ1) is 19.6. The van der Waals surface area contributed by atoms with E-state index in [-0.39, 0.29) is 11.8 Å². The Hall–Kier alpha value is -3.11. The number of nitrogens with one attached hydrogen (secondary N) is 1. The van der Waals surface area contributed by atoms with Crippen LogP contribution in [0.3, 0.4) is 0 Å². The Morgan fingerprint density at radius 3 is 2.07 bits per heavy atom. The highest BCUT2D eigenvalue weighted by Crippen LogP contribution is 2.16. The van der Waals surface area contributed by atoms with Gasteiger partial charge in [-0.3, -0.25) is 9.59 Å². The van der Waals surface area contributed by atoms with Gasteiger partial charge < -0.3 is 10.2 Å². The molecule has 0 radical (unpaired) electrons. The fourth-order valence-corrected chi connectivity index (χ4v) is 2.94. The molecule has 2 amide bonds. The summed E-state index contributed by atoms with van der Waals surface area (Å²) in [4.78, 5) is 26.9. The molecule has 142 valence electrons. The summed E-state index contributed by atoms with van der Waals surface area (Å²) < 4.78 is 0. The van der Waals surface area contributed by atoms with Crippen LogP contribution in [0.1, 0.15) is 33.2 Å². The molecule has 0 aliphatic rings. The molecule has 0 heterocycles. The van der Waals surface area contributed by atoms with Gasteiger partial charge in [0.15, 0.2) is 0 Å². The number of anilines is 1. The van der Waals surface area contributed by atoms with Crippen LogP contribution >= 0.6 is 11.6 Å². The summed E-state index contributed by atoms with van der Waals surface area (Å²) in [5.41, 5.74) is 2.78. The molecule has 0 aliphatic carbocycles. The van der Waals surface area contributed by atoms with Gasteiger partial charge in [0.1, 0.15) is 0 Å². The Morgan fingerprint density at radius 2 is 1.46 bits per heavy atom. The molecule has 0 unspecified atom stereocenters. The molecule has 3 aromatic rings. The fraction of sp³-hybridized carbons (Fsp3) is 0.130. The number of carbonyl (C=O) groups is 2. The fourth-order valence-electron chi connectivity index (χ4n) is 2.81. The van der Waals surface area contributed by atoms with Crippen molar-refractivity contribution in [2.75, 3.05) is 11.9 Å². The van der Waals surface area contributed by atoms with E-state index in [2.05, 4.69) is 5.32 Å². The van der Waals surface area contributed by atoms with E-state index in [0.717, 1.165) is 5.56 Å². The third kappa shape index (κ3) is 4.99. The van der Waals surface area contributed by atoms with Crippen molar-refractivity contribution in [2.24, 2.45) is 0 Å². The smallest absolute Gasteiger partial charge is 0.255 e. The van der Waals surface area contributed by atoms with Crippen LogP contribution in [0.2, 0.25) is 5.02 Å². The van der Waals surface area contributed by atoms with E-state index in [1.807, 2.05) is 37.3 Å². The molecule has 0 saturated carbocycles. The van der Waals surface area contributed by atoms with Crippen molar-refractivity contribution in [3.8, 4) is 0 Å². The van der Waals surface area contributed by atoms with Crippen molar-refractivity contribution < 1.29 is 9.59 Å². The average Bonchev–Trinajstić information content (AvgIpc) is 2.74. The Kier molecular flexibility index (Phi) is 6.45. The number of hydrogen-bond acceptors (Lipinski definition) is 2. The third-order valence-corrected chi connectivity index (χ3v) is 4.63. The Bertz CT molecular complexity index is 939. The van der Waals surface area contributed by atoms with Gasteiger partial charge in [-0.1, -0.05) is 41.9 Å². The van der Waals surface area contributed by atoms with Gasteiger partial charge in [0.25, 0.3) is 11.8 Å². The van der Waals surface area contributed by atoms with Crippen molar-refractivity contribution in [3.63, 3.8) is 0 Å². The van der Waals surface area contributed by atoms with Crippen LogP contribution in [0.5, 0.6) is 0 Å². The number of carbonyl (C=O) groups excluding carboxylic acids is 2. The van der Waals surface area contributed by atoms with Crippen LogP contribution in [-0.2, 0) is 6.54 Å². The zero-order chi connectivity index (χ0) is 19.9. The standard InChI is InChI=1S/C23H21ClN2O2/c1-2-26(16-17-6-4-3-5-7-17)23(28)19-10-8-18(9-11-19)22(27)25-21-14-12-20(24)13-15-21/h3-15H,2,16H2,1H3,(H,25,27). The number of rotatable bonds is 6. The van der Waals surface area contributed by atoms with Crippen molar-refractivity contribution >= 4 is 29.1 Å². The van der Waals surface area contributed by atoms with Crippen molar-refractivity contribution in [3.05, 3.63) is 101 Å². The monoisotopic (exact) mass is 392 g/mol. The lowest BCUT2D eigenvalue weighted by Gasteiger charge is -2.21. The minimum absolute atomic E-state index is 0.0592. The third-order valence-electron chi connectivity index (χ3n) is 4.38. The predicted molar refractivity (Wildman–Crippen MR) is 113 cm³/mol. The van der Waals surface area contributed by atoms with E-state index in [1.54, 1.807) is 53.4 Å². The summed E-state index contributed by atoms with van der Waals surface area (Å²) in [6, 6.07) is 23.5. The zero-order valence-corrected chi connectivity index (χ0v) is 16.3. The van der Waals surface area contributed by atoms with E-state index >= 15 is 0 Å². The second-order valence-corrected chi connectivity index (χ2v) is 6.78. The summed E-state index contributed by atoms with van der Waals surface area (Å²) >= 11 is 5.85. The minimum atomic E-state index is -0.238. The van der Waals surface area contributed by atoms with E-state index in [1.165, 1.54) is 0 Å². The largest absolute Gasteiger partial charge is 0.335 e. The van der Waals surface area contributed by atoms with Crippen molar-refractivity contribution in [1.29, 1.82) is 0 Å². The lowest BCUT2D eigenvalue weighted by Crippen LogP contribution is -2.30. The highest BCUT2D eigenvalue weighted by molar-refractivity contribution is 6.30. The first-order valence-corrected chi connectivity index (χ1v) is 9.45. The highest BCUT2D eigenvalue weighted by atomic mass is 35.5. The minimum Gasteiger partial charge on any atom is -0.335 e. The Labute approximate surface area is 169 Å². The molecule has 0 aliphatic heterocycles. The van der Waals surface area contributed by atoms with Crippen LogP contribution in [0, 0.1) is 0 Å². The van der Waals surface area contributed by atoms with Crippen LogP contribution in [-0.4, -0.2) is 23.3 Å². The summed E-state index contributed by atoms with van der Waals surface area (Å²) in [6.45, 7) is 3.11. The Morgan fingerprint density at radius 1 is 0.857 bits per heavy atom. The molecule has 3 aromatic carbocycles. The topological polar surface area (TPSA) is 49.4 Å². The molecule has 1 N–H and O–H groups in total. The van der Waals surface area contributed by atoms with Gasteiger partial charge in [-0.25, -0.2) is 0 Å². The maximum atomic E-state index is 12.8. The lowest BCUT2D eigenvalue weighted by atomic mass is 10.1. The van der Waals surface area contributed by atoms with E-state index in [0.29, 0.717) is 34.9 Å². The van der Waals surface area contributed by atoms with Gasteiger partial charge in [-0.05, 0) is 61.0 Å². The van der Waals surface area contributed by atoms with E-state index in [4.69, 9.17) is 11.6 Å². The van der Waals surface area contributed by atoms with Gasteiger partial charge in [-0.15, -0.1) is 0 Å². The first-order valence-electron chi connectivity index (χ1n) is 9.07. The molecular weight excluding hydrogens is 372 g/mol. The maximum Gasteiger partial charge on any atom is 0.255 e. The highest BCUT2D eigenvalue weighted by Gasteiger charge is 2.15. The quantitative estimate of drug-likeness (QED) is 0.622. The number of amides is 2. The van der Waals surface area contributed by atoms with Crippen LogP contribution in [0.15, 0.2) is 78.9 Å². The molecule has 4 nitrogen and oxygen atoms in total. The zero-order valence-electron chi connectivity index (χ0n) is 15.6. The molecule has 5 heteroatoms. The molecular formula is C23H21ClN2O2. The number of nitrogens with zero attached hydrogens (tertiary/aromatic N) is 1. The van der Waals surface area contributed by atoms with Gasteiger partial charge in [0.2, 0.25) is 0 Å². The predicted octanol–water partition coefficient (Wildman–Crippen LogP) is 5.25. The number of benzene rings is 3. The van der Waals surface area contributed by atoms with Crippen LogP contribution < -0.4 is 5.32 Å². The second kappa shape index (κ2) is 9.20. The van der Waals surface area contributed by atoms with Gasteiger partial charge in [-0.2, -0.15) is 0 Å². The van der Waals surface area contributed by atoms with Gasteiger partial charge in [0, 0.05) is 34.9 Å². The summed E-state index contributed by atoms with van der Waals surface area (Å²) in [5.74, 6) is -0.297. The molecule has 0 atom stereocenters. The normalized spacial score (nSPS) is 10.4. The lowest BCUT2D eigenvalue weighted by molar-refractivity contribution is 0.0752. The number of hydrogen-bond donors (Lipinski definition) is 1. The van der Waals surface area contributed by atoms with Crippen LogP contribution in [0.25, 0.3) is 0 Å². The van der Waals surface area contributed by atoms with E-state index < -0.39 is 0 Å². The second-order valence-electron chi connectivity index (χ2n) is 6.34. The first-order chi connectivity index (χ1) is 13.6. The summed E-state index contributed by atoms with van der Waals surface area (Å²) in [6.07, 6.45) is 0. The van der Waals surface area contributed by atoms with Crippen molar-refractivity contribution in [2.45, 2.75) is 13.5 Å². The van der Waals surface area contributed by atoms with Crippen LogP contribution in [0.4, 0.5) is 5.69 Å². The molecule has 28 heavy (non-hydrogen) atoms. The SMILES string of the molecule is CCN(Cc1ccccc1)C(=O)c1ccc(C(=O)Nc2ccc(Cl)cc2)cc1. The summed E-state index contributed by atoms with van der Waals surface area (Å²) in [7, 11) is 0. The molecule has 0 bridgehead atoms. The molecule has 0 aromatic heterocycles. The van der Waals surface area contributed by atoms with Crippen molar-refractivity contribution in [1.82, 2.24) is 4.90 Å². The number of halogens is 1. The molecule has 3 rings (SSSR count). The summed E-state index contributed by atoms with van der Waals surface area (Å²) in [5, 5.41) is 3.42. The van der Waals surface area contributed by atoms with Gasteiger partial charge in [0.05, 0.1) is 0 Å². The molecule has 0 spiro atoms. The van der Waals surface area contributed by atoms with Gasteiger partial charge >= 0.3 is 0 Å². The molecule has 0 fully saturated rings.